The molecule has 0 aliphatic carbocycles. The van der Waals surface area contributed by atoms with Crippen LogP contribution in [0.3, 0.4) is 0 Å². The van der Waals surface area contributed by atoms with E-state index in [1.165, 1.54) is 11.3 Å². The van der Waals surface area contributed by atoms with Crippen LogP contribution in [0.25, 0.3) is 10.2 Å². The van der Waals surface area contributed by atoms with Crippen molar-refractivity contribution in [3.63, 3.8) is 0 Å². The van der Waals surface area contributed by atoms with Crippen LogP contribution in [0.15, 0.2) is 18.2 Å². The summed E-state index contributed by atoms with van der Waals surface area (Å²) in [6.07, 6.45) is 0.293. The molecule has 1 amide bonds. The van der Waals surface area contributed by atoms with Crippen molar-refractivity contribution >= 4 is 45.0 Å². The summed E-state index contributed by atoms with van der Waals surface area (Å²) >= 11 is 1.45. The second-order valence-electron chi connectivity index (χ2n) is 4.45. The van der Waals surface area contributed by atoms with Crippen molar-refractivity contribution in [3.05, 3.63) is 23.8 Å². The summed E-state index contributed by atoms with van der Waals surface area (Å²) < 4.78 is 6.17. The first-order valence-corrected chi connectivity index (χ1v) is 6.84. The number of nitrogens with two attached hydrogens (primary N) is 1. The SMILES string of the molecule is COCc1cccc2sc(NC(=O)CC(C)N)nc12.Cl. The summed E-state index contributed by atoms with van der Waals surface area (Å²) in [5.74, 6) is -0.109. The number of rotatable bonds is 5. The van der Waals surface area contributed by atoms with Gasteiger partial charge in [-0.3, -0.25) is 4.79 Å². The average Bonchev–Trinajstić information content (AvgIpc) is 2.71. The number of benzene rings is 1. The molecule has 1 heterocycles. The molecule has 2 rings (SSSR count). The summed E-state index contributed by atoms with van der Waals surface area (Å²) in [5.41, 5.74) is 7.49. The van der Waals surface area contributed by atoms with Gasteiger partial charge in [-0.2, -0.15) is 0 Å². The van der Waals surface area contributed by atoms with Crippen LogP contribution in [-0.4, -0.2) is 24.0 Å². The molecule has 0 spiro atoms. The summed E-state index contributed by atoms with van der Waals surface area (Å²) in [5, 5.41) is 3.38. The van der Waals surface area contributed by atoms with Gasteiger partial charge in [0.05, 0.1) is 16.8 Å². The highest BCUT2D eigenvalue weighted by molar-refractivity contribution is 7.22. The van der Waals surface area contributed by atoms with Crippen LogP contribution in [-0.2, 0) is 16.1 Å². The molecule has 0 bridgehead atoms. The molecule has 0 saturated carbocycles. The molecule has 3 N–H and O–H groups in total. The van der Waals surface area contributed by atoms with E-state index in [0.29, 0.717) is 18.2 Å². The molecule has 0 radical (unpaired) electrons. The maximum Gasteiger partial charge on any atom is 0.227 e. The number of nitrogens with one attached hydrogen (secondary N) is 1. The second-order valence-corrected chi connectivity index (χ2v) is 5.48. The molecule has 0 aliphatic rings. The number of carbonyl (C=O) groups excluding carboxylic acids is 1. The molecule has 7 heteroatoms. The number of para-hydroxylation sites is 1. The number of methoxy groups -OCH3 is 1. The van der Waals surface area contributed by atoms with Crippen molar-refractivity contribution in [2.45, 2.75) is 26.0 Å². The van der Waals surface area contributed by atoms with Crippen LogP contribution in [0.1, 0.15) is 18.9 Å². The van der Waals surface area contributed by atoms with Crippen molar-refractivity contribution in [1.82, 2.24) is 4.98 Å². The van der Waals surface area contributed by atoms with Gasteiger partial charge in [0.2, 0.25) is 5.91 Å². The van der Waals surface area contributed by atoms with Gasteiger partial charge in [-0.1, -0.05) is 23.5 Å². The van der Waals surface area contributed by atoms with E-state index in [-0.39, 0.29) is 24.4 Å². The Bertz CT molecular complexity index is 586. The standard InChI is InChI=1S/C13H17N3O2S.ClH/c1-8(14)6-11(17)15-13-16-12-9(7-18-2)4-3-5-10(12)19-13;/h3-5,8H,6-7,14H2,1-2H3,(H,15,16,17);1H. The van der Waals surface area contributed by atoms with Crippen molar-refractivity contribution in [1.29, 1.82) is 0 Å². The number of carbonyl (C=O) groups is 1. The van der Waals surface area contributed by atoms with E-state index in [9.17, 15) is 4.79 Å². The monoisotopic (exact) mass is 315 g/mol. The number of halogens is 1. The fraction of sp³-hybridized carbons (Fsp3) is 0.385. The van der Waals surface area contributed by atoms with E-state index < -0.39 is 0 Å². The Morgan fingerprint density at radius 1 is 1.55 bits per heavy atom. The van der Waals surface area contributed by atoms with Gasteiger partial charge in [-0.15, -0.1) is 12.4 Å². The van der Waals surface area contributed by atoms with Crippen LogP contribution in [0.5, 0.6) is 0 Å². The Morgan fingerprint density at radius 2 is 2.30 bits per heavy atom. The third-order valence-electron chi connectivity index (χ3n) is 2.56. The Hall–Kier alpha value is -1.21. The lowest BCUT2D eigenvalue weighted by molar-refractivity contribution is -0.116. The van der Waals surface area contributed by atoms with Crippen LogP contribution in [0.4, 0.5) is 5.13 Å². The summed E-state index contributed by atoms with van der Waals surface area (Å²) in [4.78, 5) is 16.1. The Kier molecular flexibility index (Phi) is 6.35. The fourth-order valence-electron chi connectivity index (χ4n) is 1.79. The minimum Gasteiger partial charge on any atom is -0.380 e. The molecule has 0 aliphatic heterocycles. The zero-order valence-electron chi connectivity index (χ0n) is 11.4. The van der Waals surface area contributed by atoms with Gasteiger partial charge in [-0.05, 0) is 13.0 Å². The van der Waals surface area contributed by atoms with Gasteiger partial charge in [0.15, 0.2) is 5.13 Å². The number of hydrogen-bond acceptors (Lipinski definition) is 5. The van der Waals surface area contributed by atoms with E-state index >= 15 is 0 Å². The highest BCUT2D eigenvalue weighted by Gasteiger charge is 2.11. The first-order valence-electron chi connectivity index (χ1n) is 6.03. The summed E-state index contributed by atoms with van der Waals surface area (Å²) in [7, 11) is 1.65. The number of thiazole rings is 1. The average molecular weight is 316 g/mol. The molecule has 0 fully saturated rings. The second kappa shape index (κ2) is 7.54. The zero-order valence-corrected chi connectivity index (χ0v) is 13.0. The molecule has 1 unspecified atom stereocenters. The number of nitrogens with zero attached hydrogens (tertiary/aromatic N) is 1. The number of anilines is 1. The van der Waals surface area contributed by atoms with Crippen molar-refractivity contribution in [2.75, 3.05) is 12.4 Å². The minimum atomic E-state index is -0.154. The smallest absolute Gasteiger partial charge is 0.227 e. The molecule has 110 valence electrons. The summed E-state index contributed by atoms with van der Waals surface area (Å²) in [6, 6.07) is 5.76. The van der Waals surface area contributed by atoms with E-state index in [2.05, 4.69) is 10.3 Å². The third kappa shape index (κ3) is 4.14. The molecule has 2 aromatic rings. The van der Waals surface area contributed by atoms with E-state index in [4.69, 9.17) is 10.5 Å². The quantitative estimate of drug-likeness (QED) is 0.889. The van der Waals surface area contributed by atoms with Gasteiger partial charge < -0.3 is 15.8 Å². The normalized spacial score (nSPS) is 11.9. The maximum absolute atomic E-state index is 11.7. The number of amides is 1. The summed E-state index contributed by atoms with van der Waals surface area (Å²) in [6.45, 7) is 2.31. The number of aromatic nitrogens is 1. The van der Waals surface area contributed by atoms with Gasteiger partial charge in [0.1, 0.15) is 0 Å². The molecule has 20 heavy (non-hydrogen) atoms. The fourth-order valence-corrected chi connectivity index (χ4v) is 2.72. The topological polar surface area (TPSA) is 77.2 Å². The van der Waals surface area contributed by atoms with E-state index in [1.54, 1.807) is 14.0 Å². The maximum atomic E-state index is 11.7. The number of ether oxygens (including phenoxy) is 1. The van der Waals surface area contributed by atoms with Gasteiger partial charge in [-0.25, -0.2) is 4.98 Å². The van der Waals surface area contributed by atoms with Crippen LogP contribution >= 0.6 is 23.7 Å². The highest BCUT2D eigenvalue weighted by atomic mass is 35.5. The van der Waals surface area contributed by atoms with Crippen molar-refractivity contribution < 1.29 is 9.53 Å². The molecule has 5 nitrogen and oxygen atoms in total. The van der Waals surface area contributed by atoms with Crippen LogP contribution in [0.2, 0.25) is 0 Å². The molecule has 1 atom stereocenters. The number of hydrogen-bond donors (Lipinski definition) is 2. The molecule has 1 aromatic heterocycles. The van der Waals surface area contributed by atoms with E-state index in [1.807, 2.05) is 18.2 Å². The van der Waals surface area contributed by atoms with Crippen LogP contribution in [0, 0.1) is 0 Å². The Labute approximate surface area is 127 Å². The predicted octanol–water partition coefficient (Wildman–Crippen LogP) is 2.54. The molecular weight excluding hydrogens is 298 g/mol. The predicted molar refractivity (Wildman–Crippen MR) is 84.5 cm³/mol. The first-order chi connectivity index (χ1) is 9.10. The Morgan fingerprint density at radius 3 is 2.95 bits per heavy atom. The lowest BCUT2D eigenvalue weighted by atomic mass is 10.2. The van der Waals surface area contributed by atoms with Gasteiger partial charge in [0, 0.05) is 25.1 Å². The minimum absolute atomic E-state index is 0. The molecule has 1 aromatic carbocycles. The molecular formula is C13H18ClN3O2S. The largest absolute Gasteiger partial charge is 0.380 e. The lowest BCUT2D eigenvalue weighted by Crippen LogP contribution is -2.23. The first kappa shape index (κ1) is 16.8. The van der Waals surface area contributed by atoms with Gasteiger partial charge >= 0.3 is 0 Å². The van der Waals surface area contributed by atoms with Crippen molar-refractivity contribution in [2.24, 2.45) is 5.73 Å². The third-order valence-corrected chi connectivity index (χ3v) is 3.49. The van der Waals surface area contributed by atoms with Crippen LogP contribution < -0.4 is 11.1 Å². The molecule has 0 saturated heterocycles. The Balaban J connectivity index is 0.00000200. The highest BCUT2D eigenvalue weighted by Crippen LogP contribution is 2.28. The van der Waals surface area contributed by atoms with Gasteiger partial charge in [0.25, 0.3) is 0 Å². The number of fused-ring (bicyclic) bond motifs is 1. The van der Waals surface area contributed by atoms with E-state index in [0.717, 1.165) is 15.8 Å². The lowest BCUT2D eigenvalue weighted by Gasteiger charge is -2.03. The van der Waals surface area contributed by atoms with Crippen molar-refractivity contribution in [3.8, 4) is 0 Å². The zero-order chi connectivity index (χ0) is 13.8.